The van der Waals surface area contributed by atoms with Gasteiger partial charge in [0.15, 0.2) is 0 Å². The number of aldehydes is 1. The van der Waals surface area contributed by atoms with Crippen molar-refractivity contribution in [3.63, 3.8) is 0 Å². The van der Waals surface area contributed by atoms with Crippen LogP contribution in [0.2, 0.25) is 0 Å². The lowest BCUT2D eigenvalue weighted by atomic mass is 10.1. The summed E-state index contributed by atoms with van der Waals surface area (Å²) in [5.74, 6) is -0.523. The minimum Gasteiger partial charge on any atom is -0.363 e. The molecule has 3 rings (SSSR count). The van der Waals surface area contributed by atoms with E-state index in [1.165, 1.54) is 34.6 Å². The molecule has 1 aliphatic heterocycles. The zero-order valence-corrected chi connectivity index (χ0v) is 14.9. The number of nitrogens with zero attached hydrogens (tertiary/aromatic N) is 3. The van der Waals surface area contributed by atoms with Crippen LogP contribution in [0.15, 0.2) is 47.4 Å². The molecule has 2 aromatic rings. The lowest BCUT2D eigenvalue weighted by Crippen LogP contribution is -2.48. The molecule has 1 heterocycles. The summed E-state index contributed by atoms with van der Waals surface area (Å²) in [5.41, 5.74) is 0.335. The van der Waals surface area contributed by atoms with Gasteiger partial charge in [0, 0.05) is 37.8 Å². The van der Waals surface area contributed by atoms with Crippen molar-refractivity contribution < 1.29 is 22.5 Å². The van der Waals surface area contributed by atoms with Gasteiger partial charge in [0.25, 0.3) is 5.69 Å². The monoisotopic (exact) mass is 393 g/mol. The van der Waals surface area contributed by atoms with Gasteiger partial charge in [0.1, 0.15) is 17.8 Å². The van der Waals surface area contributed by atoms with E-state index in [4.69, 9.17) is 0 Å². The molecule has 0 atom stereocenters. The van der Waals surface area contributed by atoms with Gasteiger partial charge < -0.3 is 4.90 Å². The summed E-state index contributed by atoms with van der Waals surface area (Å²) in [6.45, 7) is 0.766. The molecule has 0 spiro atoms. The number of piperazine rings is 1. The Morgan fingerprint density at radius 2 is 1.67 bits per heavy atom. The Kier molecular flexibility index (Phi) is 5.19. The molecule has 27 heavy (non-hydrogen) atoms. The van der Waals surface area contributed by atoms with Crippen molar-refractivity contribution in [2.45, 2.75) is 4.90 Å². The second kappa shape index (κ2) is 7.41. The SMILES string of the molecule is O=Cc1ccc(N2CCN(S(=O)(=O)c3ccc(F)cc3)CC2)c([N+](=O)[O-])c1. The number of hydrogen-bond acceptors (Lipinski definition) is 6. The maximum Gasteiger partial charge on any atom is 0.293 e. The van der Waals surface area contributed by atoms with Crippen LogP contribution in [0.4, 0.5) is 15.8 Å². The zero-order valence-electron chi connectivity index (χ0n) is 14.1. The fourth-order valence-corrected chi connectivity index (χ4v) is 4.37. The molecule has 0 unspecified atom stereocenters. The predicted octanol–water partition coefficient (Wildman–Crippen LogP) is 2.06. The zero-order chi connectivity index (χ0) is 19.6. The lowest BCUT2D eigenvalue weighted by Gasteiger charge is -2.35. The normalized spacial score (nSPS) is 15.5. The largest absolute Gasteiger partial charge is 0.363 e. The first-order valence-corrected chi connectivity index (χ1v) is 9.51. The maximum absolute atomic E-state index is 13.0. The first-order valence-electron chi connectivity index (χ1n) is 8.07. The fourth-order valence-electron chi connectivity index (χ4n) is 2.95. The summed E-state index contributed by atoms with van der Waals surface area (Å²) in [4.78, 5) is 23.3. The number of hydrogen-bond donors (Lipinski definition) is 0. The summed E-state index contributed by atoms with van der Waals surface area (Å²) in [5, 5.41) is 11.3. The first kappa shape index (κ1) is 18.9. The van der Waals surface area contributed by atoms with Crippen LogP contribution in [0.3, 0.4) is 0 Å². The molecule has 0 bridgehead atoms. The van der Waals surface area contributed by atoms with E-state index >= 15 is 0 Å². The third-order valence-electron chi connectivity index (χ3n) is 4.36. The topological polar surface area (TPSA) is 101 Å². The van der Waals surface area contributed by atoms with Crippen LogP contribution in [0.1, 0.15) is 10.4 Å². The van der Waals surface area contributed by atoms with E-state index in [9.17, 15) is 27.7 Å². The van der Waals surface area contributed by atoms with E-state index in [1.54, 1.807) is 4.90 Å². The molecular weight excluding hydrogens is 377 g/mol. The minimum atomic E-state index is -3.76. The summed E-state index contributed by atoms with van der Waals surface area (Å²) in [7, 11) is -3.76. The van der Waals surface area contributed by atoms with Gasteiger partial charge in [-0.2, -0.15) is 4.31 Å². The maximum atomic E-state index is 13.0. The Morgan fingerprint density at radius 1 is 1.04 bits per heavy atom. The molecule has 1 aliphatic rings. The van der Waals surface area contributed by atoms with Gasteiger partial charge in [-0.1, -0.05) is 0 Å². The molecule has 8 nitrogen and oxygen atoms in total. The van der Waals surface area contributed by atoms with E-state index in [1.807, 2.05) is 0 Å². The molecule has 2 aromatic carbocycles. The minimum absolute atomic E-state index is 0.00123. The third kappa shape index (κ3) is 3.81. The molecule has 0 radical (unpaired) electrons. The Labute approximate surface area is 155 Å². The number of halogens is 1. The summed E-state index contributed by atoms with van der Waals surface area (Å²) < 4.78 is 39.6. The molecule has 0 saturated carbocycles. The number of rotatable bonds is 5. The number of sulfonamides is 1. The second-order valence-electron chi connectivity index (χ2n) is 5.97. The Morgan fingerprint density at radius 3 is 2.22 bits per heavy atom. The van der Waals surface area contributed by atoms with Crippen molar-refractivity contribution in [1.29, 1.82) is 0 Å². The molecule has 10 heteroatoms. The van der Waals surface area contributed by atoms with E-state index in [-0.39, 0.29) is 42.3 Å². The van der Waals surface area contributed by atoms with Crippen LogP contribution in [0, 0.1) is 15.9 Å². The summed E-state index contributed by atoms with van der Waals surface area (Å²) in [6, 6.07) is 8.76. The van der Waals surface area contributed by atoms with Crippen molar-refractivity contribution in [2.24, 2.45) is 0 Å². The molecule has 142 valence electrons. The Balaban J connectivity index is 1.78. The smallest absolute Gasteiger partial charge is 0.293 e. The molecule has 0 N–H and O–H groups in total. The summed E-state index contributed by atoms with van der Waals surface area (Å²) >= 11 is 0. The highest BCUT2D eigenvalue weighted by atomic mass is 32.2. The van der Waals surface area contributed by atoms with E-state index in [2.05, 4.69) is 0 Å². The van der Waals surface area contributed by atoms with Crippen LogP contribution in [0.25, 0.3) is 0 Å². The van der Waals surface area contributed by atoms with Gasteiger partial charge >= 0.3 is 0 Å². The van der Waals surface area contributed by atoms with Crippen molar-refractivity contribution in [1.82, 2.24) is 4.31 Å². The standard InChI is InChI=1S/C17H16FN3O5S/c18-14-2-4-15(5-3-14)27(25,26)20-9-7-19(8-10-20)16-6-1-13(12-22)11-17(16)21(23)24/h1-6,11-12H,7-10H2. The first-order chi connectivity index (χ1) is 12.8. The number of benzene rings is 2. The van der Waals surface area contributed by atoms with E-state index in [0.717, 1.165) is 12.1 Å². The second-order valence-corrected chi connectivity index (χ2v) is 7.91. The van der Waals surface area contributed by atoms with E-state index < -0.39 is 20.8 Å². The molecule has 1 fully saturated rings. The van der Waals surface area contributed by atoms with Crippen LogP contribution < -0.4 is 4.90 Å². The number of anilines is 1. The number of carbonyl (C=O) groups is 1. The fraction of sp³-hybridized carbons (Fsp3) is 0.235. The summed E-state index contributed by atoms with van der Waals surface area (Å²) in [6.07, 6.45) is 0.532. The number of carbonyl (C=O) groups excluding carboxylic acids is 1. The molecule has 1 saturated heterocycles. The van der Waals surface area contributed by atoms with Crippen LogP contribution in [-0.4, -0.2) is 50.1 Å². The van der Waals surface area contributed by atoms with Crippen molar-refractivity contribution in [2.75, 3.05) is 31.1 Å². The van der Waals surface area contributed by atoms with Crippen molar-refractivity contribution >= 4 is 27.7 Å². The number of nitro benzene ring substituents is 1. The molecule has 0 amide bonds. The predicted molar refractivity (Wildman–Crippen MR) is 95.9 cm³/mol. The Hall–Kier alpha value is -2.85. The van der Waals surface area contributed by atoms with Gasteiger partial charge in [0.05, 0.1) is 9.82 Å². The highest BCUT2D eigenvalue weighted by molar-refractivity contribution is 7.89. The van der Waals surface area contributed by atoms with E-state index in [0.29, 0.717) is 12.0 Å². The van der Waals surface area contributed by atoms with Crippen molar-refractivity contribution in [3.05, 3.63) is 64.0 Å². The molecule has 0 aliphatic carbocycles. The van der Waals surface area contributed by atoms with Crippen LogP contribution >= 0.6 is 0 Å². The van der Waals surface area contributed by atoms with Crippen molar-refractivity contribution in [3.8, 4) is 0 Å². The van der Waals surface area contributed by atoms with Gasteiger partial charge in [0.2, 0.25) is 10.0 Å². The number of nitro groups is 1. The van der Waals surface area contributed by atoms with Crippen LogP contribution in [0.5, 0.6) is 0 Å². The van der Waals surface area contributed by atoms with Gasteiger partial charge in [-0.3, -0.25) is 14.9 Å². The lowest BCUT2D eigenvalue weighted by molar-refractivity contribution is -0.384. The Bertz CT molecular complexity index is 971. The highest BCUT2D eigenvalue weighted by Crippen LogP contribution is 2.30. The average Bonchev–Trinajstić information content (AvgIpc) is 2.68. The average molecular weight is 393 g/mol. The van der Waals surface area contributed by atoms with Gasteiger partial charge in [-0.15, -0.1) is 0 Å². The highest BCUT2D eigenvalue weighted by Gasteiger charge is 2.30. The van der Waals surface area contributed by atoms with Gasteiger partial charge in [-0.05, 0) is 36.4 Å². The third-order valence-corrected chi connectivity index (χ3v) is 6.28. The quantitative estimate of drug-likeness (QED) is 0.438. The molecular formula is C17H16FN3O5S. The molecule has 0 aromatic heterocycles. The van der Waals surface area contributed by atoms with Gasteiger partial charge in [-0.25, -0.2) is 12.8 Å². The van der Waals surface area contributed by atoms with Crippen LogP contribution in [-0.2, 0) is 10.0 Å².